The van der Waals surface area contributed by atoms with Crippen LogP contribution < -0.4 is 14.8 Å². The molecule has 3 rings (SSSR count). The number of hydrogen-bond acceptors (Lipinski definition) is 6. The molecular formula is C23H23N3O6S. The van der Waals surface area contributed by atoms with Crippen molar-refractivity contribution in [3.8, 4) is 5.75 Å². The van der Waals surface area contributed by atoms with Gasteiger partial charge in [-0.3, -0.25) is 14.9 Å². The lowest BCUT2D eigenvalue weighted by Crippen LogP contribution is -2.31. The summed E-state index contributed by atoms with van der Waals surface area (Å²) in [6.45, 7) is 1.85. The molecule has 0 saturated carbocycles. The lowest BCUT2D eigenvalue weighted by atomic mass is 10.0. The van der Waals surface area contributed by atoms with Gasteiger partial charge in [0.2, 0.25) is 15.9 Å². The number of anilines is 1. The van der Waals surface area contributed by atoms with Crippen LogP contribution in [0.15, 0.2) is 77.7 Å². The minimum absolute atomic E-state index is 0.0611. The summed E-state index contributed by atoms with van der Waals surface area (Å²) in [7, 11) is -2.59. The third-order valence-electron chi connectivity index (χ3n) is 4.88. The maximum Gasteiger partial charge on any atom is 0.312 e. The minimum Gasteiger partial charge on any atom is -0.490 e. The number of nitro groups is 1. The van der Waals surface area contributed by atoms with Crippen molar-refractivity contribution in [2.45, 2.75) is 24.3 Å². The number of nitro benzene ring substituents is 1. The summed E-state index contributed by atoms with van der Waals surface area (Å²) in [6, 6.07) is 18.3. The van der Waals surface area contributed by atoms with Gasteiger partial charge in [0.15, 0.2) is 5.75 Å². The Morgan fingerprint density at radius 2 is 1.73 bits per heavy atom. The van der Waals surface area contributed by atoms with Crippen LogP contribution in [-0.4, -0.2) is 26.4 Å². The summed E-state index contributed by atoms with van der Waals surface area (Å²) in [6.07, 6.45) is -0.227. The molecule has 0 fully saturated rings. The Morgan fingerprint density at radius 3 is 2.33 bits per heavy atom. The van der Waals surface area contributed by atoms with Crippen molar-refractivity contribution in [3.05, 3.63) is 94.0 Å². The van der Waals surface area contributed by atoms with Gasteiger partial charge in [-0.25, -0.2) is 13.1 Å². The molecule has 0 heterocycles. The fraction of sp³-hybridized carbons (Fsp3) is 0.174. The second-order valence-electron chi connectivity index (χ2n) is 7.29. The number of nitrogens with one attached hydrogen (secondary N) is 2. The molecule has 10 heteroatoms. The minimum atomic E-state index is -3.91. The molecule has 0 aliphatic rings. The summed E-state index contributed by atoms with van der Waals surface area (Å²) in [5.41, 5.74) is 1.42. The number of rotatable bonds is 9. The Hall–Kier alpha value is -3.76. The van der Waals surface area contributed by atoms with Gasteiger partial charge in [0.25, 0.3) is 0 Å². The number of nitrogens with zero attached hydrogens (tertiary/aromatic N) is 1. The highest BCUT2D eigenvalue weighted by atomic mass is 32.2. The zero-order chi connectivity index (χ0) is 24.0. The molecule has 0 aliphatic carbocycles. The van der Waals surface area contributed by atoms with Crippen LogP contribution >= 0.6 is 0 Å². The molecule has 0 saturated heterocycles. The van der Waals surface area contributed by atoms with Gasteiger partial charge in [-0.2, -0.15) is 0 Å². The fourth-order valence-electron chi connectivity index (χ4n) is 3.19. The normalized spacial score (nSPS) is 12.1. The smallest absolute Gasteiger partial charge is 0.312 e. The van der Waals surface area contributed by atoms with E-state index in [2.05, 4.69) is 10.0 Å². The summed E-state index contributed by atoms with van der Waals surface area (Å²) in [5, 5.41) is 13.8. The van der Waals surface area contributed by atoms with E-state index in [0.29, 0.717) is 5.56 Å². The number of carbonyl (C=O) groups is 1. The van der Waals surface area contributed by atoms with Gasteiger partial charge in [-0.05, 0) is 36.8 Å². The maximum absolute atomic E-state index is 12.9. The third-order valence-corrected chi connectivity index (χ3v) is 6.37. The number of amides is 1. The fourth-order valence-corrected chi connectivity index (χ4v) is 4.42. The van der Waals surface area contributed by atoms with Crippen LogP contribution in [0.2, 0.25) is 0 Å². The van der Waals surface area contributed by atoms with Crippen molar-refractivity contribution in [2.24, 2.45) is 0 Å². The Morgan fingerprint density at radius 1 is 1.06 bits per heavy atom. The second-order valence-corrected chi connectivity index (χ2v) is 9.01. The molecule has 0 aliphatic heterocycles. The Labute approximate surface area is 191 Å². The molecule has 9 nitrogen and oxygen atoms in total. The van der Waals surface area contributed by atoms with E-state index < -0.39 is 26.9 Å². The van der Waals surface area contributed by atoms with E-state index in [-0.39, 0.29) is 28.4 Å². The molecule has 0 unspecified atom stereocenters. The van der Waals surface area contributed by atoms with Crippen LogP contribution in [-0.2, 0) is 14.8 Å². The van der Waals surface area contributed by atoms with E-state index in [1.54, 1.807) is 42.5 Å². The van der Waals surface area contributed by atoms with E-state index in [0.717, 1.165) is 5.56 Å². The van der Waals surface area contributed by atoms with E-state index in [9.17, 15) is 23.3 Å². The molecule has 1 amide bonds. The average Bonchev–Trinajstić information content (AvgIpc) is 2.79. The number of methoxy groups -OCH3 is 1. The molecule has 0 radical (unpaired) electrons. The van der Waals surface area contributed by atoms with Gasteiger partial charge in [0.1, 0.15) is 0 Å². The molecule has 0 spiro atoms. The number of ether oxygens (including phenoxy) is 1. The van der Waals surface area contributed by atoms with Crippen LogP contribution in [0.5, 0.6) is 5.75 Å². The molecule has 172 valence electrons. The number of sulfonamides is 1. The molecule has 0 aromatic heterocycles. The SMILES string of the molecule is COc1ccc(NC(=O)C[C@H](NS(=O)(=O)c2ccc(C)cc2)c2ccccc2)cc1[N+](=O)[O-]. The Bertz CT molecular complexity index is 1240. The third kappa shape index (κ3) is 6.15. The zero-order valence-electron chi connectivity index (χ0n) is 18.0. The van der Waals surface area contributed by atoms with Crippen molar-refractivity contribution in [1.82, 2.24) is 4.72 Å². The lowest BCUT2D eigenvalue weighted by Gasteiger charge is -2.19. The molecule has 3 aromatic rings. The summed E-state index contributed by atoms with van der Waals surface area (Å²) in [4.78, 5) is 23.5. The first kappa shape index (κ1) is 23.9. The first-order chi connectivity index (χ1) is 15.7. The van der Waals surface area contributed by atoms with Crippen LogP contribution in [0.1, 0.15) is 23.6 Å². The van der Waals surface area contributed by atoms with Crippen molar-refractivity contribution in [1.29, 1.82) is 0 Å². The predicted octanol–water partition coefficient (Wildman–Crippen LogP) is 3.96. The van der Waals surface area contributed by atoms with Gasteiger partial charge in [0.05, 0.1) is 23.0 Å². The first-order valence-electron chi connectivity index (χ1n) is 9.96. The lowest BCUT2D eigenvalue weighted by molar-refractivity contribution is -0.385. The van der Waals surface area contributed by atoms with Crippen LogP contribution in [0.3, 0.4) is 0 Å². The highest BCUT2D eigenvalue weighted by Crippen LogP contribution is 2.30. The predicted molar refractivity (Wildman–Crippen MR) is 124 cm³/mol. The molecule has 0 bridgehead atoms. The van der Waals surface area contributed by atoms with Crippen LogP contribution in [0.25, 0.3) is 0 Å². The first-order valence-corrected chi connectivity index (χ1v) is 11.4. The van der Waals surface area contributed by atoms with Crippen LogP contribution in [0.4, 0.5) is 11.4 Å². The topological polar surface area (TPSA) is 128 Å². The zero-order valence-corrected chi connectivity index (χ0v) is 18.8. The highest BCUT2D eigenvalue weighted by molar-refractivity contribution is 7.89. The average molecular weight is 470 g/mol. The summed E-state index contributed by atoms with van der Waals surface area (Å²) in [5.74, 6) is -0.457. The van der Waals surface area contributed by atoms with Gasteiger partial charge in [-0.15, -0.1) is 0 Å². The Balaban J connectivity index is 1.83. The van der Waals surface area contributed by atoms with Gasteiger partial charge >= 0.3 is 5.69 Å². The van der Waals surface area contributed by atoms with E-state index in [4.69, 9.17) is 4.74 Å². The number of carbonyl (C=O) groups excluding carboxylic acids is 1. The van der Waals surface area contributed by atoms with Gasteiger partial charge in [-0.1, -0.05) is 48.0 Å². The van der Waals surface area contributed by atoms with Gasteiger partial charge < -0.3 is 10.1 Å². The number of aryl methyl sites for hydroxylation is 1. The maximum atomic E-state index is 12.9. The van der Waals surface area contributed by atoms with E-state index in [1.807, 2.05) is 6.92 Å². The standard InChI is InChI=1S/C23H23N3O6S/c1-16-8-11-19(12-9-16)33(30,31)25-20(17-6-4-3-5-7-17)15-23(27)24-18-10-13-22(32-2)21(14-18)26(28)29/h3-14,20,25H,15H2,1-2H3,(H,24,27)/t20-/m0/s1. The molecular weight excluding hydrogens is 446 g/mol. The Kier molecular flexibility index (Phi) is 7.41. The number of hydrogen-bond donors (Lipinski definition) is 2. The highest BCUT2D eigenvalue weighted by Gasteiger charge is 2.24. The molecule has 3 aromatic carbocycles. The monoisotopic (exact) mass is 469 g/mol. The van der Waals surface area contributed by atoms with Gasteiger partial charge in [0, 0.05) is 18.2 Å². The summed E-state index contributed by atoms with van der Waals surface area (Å²) < 4.78 is 33.4. The van der Waals surface area contributed by atoms with E-state index in [1.165, 1.54) is 37.4 Å². The largest absolute Gasteiger partial charge is 0.490 e. The molecule has 33 heavy (non-hydrogen) atoms. The van der Waals surface area contributed by atoms with Crippen LogP contribution in [0, 0.1) is 17.0 Å². The molecule has 1 atom stereocenters. The number of benzene rings is 3. The second kappa shape index (κ2) is 10.2. The van der Waals surface area contributed by atoms with Crippen molar-refractivity contribution in [3.63, 3.8) is 0 Å². The van der Waals surface area contributed by atoms with Crippen molar-refractivity contribution < 1.29 is 22.9 Å². The van der Waals surface area contributed by atoms with Crippen molar-refractivity contribution in [2.75, 3.05) is 12.4 Å². The summed E-state index contributed by atoms with van der Waals surface area (Å²) >= 11 is 0. The van der Waals surface area contributed by atoms with E-state index >= 15 is 0 Å². The van der Waals surface area contributed by atoms with Crippen molar-refractivity contribution >= 4 is 27.3 Å². The molecule has 2 N–H and O–H groups in total. The quantitative estimate of drug-likeness (QED) is 0.361.